The maximum absolute atomic E-state index is 5.54. The van der Waals surface area contributed by atoms with Gasteiger partial charge in [0.1, 0.15) is 0 Å². The summed E-state index contributed by atoms with van der Waals surface area (Å²) in [7, 11) is 0. The highest BCUT2D eigenvalue weighted by molar-refractivity contribution is 4.88. The lowest BCUT2D eigenvalue weighted by molar-refractivity contribution is 0.449. The van der Waals surface area contributed by atoms with Gasteiger partial charge in [0.25, 0.3) is 0 Å². The molecule has 2 rings (SSSR count). The summed E-state index contributed by atoms with van der Waals surface area (Å²) in [6.45, 7) is 0.909. The Labute approximate surface area is 75.7 Å². The molecule has 2 N–H and O–H groups in total. The van der Waals surface area contributed by atoms with Gasteiger partial charge in [-0.05, 0) is 43.6 Å². The zero-order valence-corrected chi connectivity index (χ0v) is 7.97. The number of hydrogen-bond donors (Lipinski definition) is 1. The zero-order chi connectivity index (χ0) is 8.39. The Kier molecular flexibility index (Phi) is 2.69. The molecular formula is C11H21N. The first-order chi connectivity index (χ1) is 5.90. The Balaban J connectivity index is 1.62. The number of rotatable bonds is 4. The Morgan fingerprint density at radius 3 is 2.50 bits per heavy atom. The SMILES string of the molecule is NCCC1CC1CC1CCCC1. The molecule has 1 nitrogen and oxygen atoms in total. The van der Waals surface area contributed by atoms with Crippen LogP contribution in [0.3, 0.4) is 0 Å². The summed E-state index contributed by atoms with van der Waals surface area (Å²) in [6, 6.07) is 0. The van der Waals surface area contributed by atoms with Gasteiger partial charge in [0, 0.05) is 0 Å². The largest absolute Gasteiger partial charge is 0.330 e. The smallest absolute Gasteiger partial charge is 0.00745 e. The zero-order valence-electron chi connectivity index (χ0n) is 7.97. The van der Waals surface area contributed by atoms with Gasteiger partial charge in [0.2, 0.25) is 0 Å². The van der Waals surface area contributed by atoms with Gasteiger partial charge in [-0.1, -0.05) is 25.7 Å². The lowest BCUT2D eigenvalue weighted by Gasteiger charge is -2.07. The third-order valence-corrected chi connectivity index (χ3v) is 3.72. The molecule has 2 atom stereocenters. The molecule has 12 heavy (non-hydrogen) atoms. The van der Waals surface area contributed by atoms with Gasteiger partial charge in [0.05, 0.1) is 0 Å². The highest BCUT2D eigenvalue weighted by Gasteiger charge is 2.37. The lowest BCUT2D eigenvalue weighted by Crippen LogP contribution is -2.01. The fourth-order valence-electron chi connectivity index (χ4n) is 2.84. The van der Waals surface area contributed by atoms with Crippen LogP contribution in [0, 0.1) is 17.8 Å². The quantitative estimate of drug-likeness (QED) is 0.684. The summed E-state index contributed by atoms with van der Waals surface area (Å²) < 4.78 is 0. The normalized spacial score (nSPS) is 35.8. The highest BCUT2D eigenvalue weighted by Crippen LogP contribution is 2.47. The lowest BCUT2D eigenvalue weighted by atomic mass is 9.99. The van der Waals surface area contributed by atoms with Crippen molar-refractivity contribution >= 4 is 0 Å². The van der Waals surface area contributed by atoms with E-state index >= 15 is 0 Å². The van der Waals surface area contributed by atoms with Crippen molar-refractivity contribution in [2.45, 2.75) is 44.9 Å². The Morgan fingerprint density at radius 1 is 1.08 bits per heavy atom. The van der Waals surface area contributed by atoms with Crippen molar-refractivity contribution in [3.63, 3.8) is 0 Å². The molecule has 70 valence electrons. The van der Waals surface area contributed by atoms with Crippen LogP contribution in [0.1, 0.15) is 44.9 Å². The van der Waals surface area contributed by atoms with Crippen molar-refractivity contribution < 1.29 is 0 Å². The summed E-state index contributed by atoms with van der Waals surface area (Å²) in [5.74, 6) is 3.20. The van der Waals surface area contributed by atoms with Crippen molar-refractivity contribution in [1.29, 1.82) is 0 Å². The van der Waals surface area contributed by atoms with E-state index in [0.29, 0.717) is 0 Å². The van der Waals surface area contributed by atoms with Crippen LogP contribution in [0.4, 0.5) is 0 Å². The molecule has 0 heterocycles. The molecule has 0 amide bonds. The van der Waals surface area contributed by atoms with Crippen LogP contribution in [-0.4, -0.2) is 6.54 Å². The monoisotopic (exact) mass is 167 g/mol. The third-order valence-electron chi connectivity index (χ3n) is 3.72. The standard InChI is InChI=1S/C11H21N/c12-6-5-10-8-11(10)7-9-3-1-2-4-9/h9-11H,1-8,12H2. The van der Waals surface area contributed by atoms with E-state index in [2.05, 4.69) is 0 Å². The van der Waals surface area contributed by atoms with E-state index in [1.54, 1.807) is 0 Å². The predicted octanol–water partition coefficient (Wildman–Crippen LogP) is 2.55. The molecule has 2 unspecified atom stereocenters. The summed E-state index contributed by atoms with van der Waals surface area (Å²) in [5, 5.41) is 0. The average Bonchev–Trinajstić information content (AvgIpc) is 2.62. The van der Waals surface area contributed by atoms with Gasteiger partial charge in [0.15, 0.2) is 0 Å². The summed E-state index contributed by atoms with van der Waals surface area (Å²) in [6.07, 6.45) is 10.4. The van der Waals surface area contributed by atoms with Gasteiger partial charge < -0.3 is 5.73 Å². The summed E-state index contributed by atoms with van der Waals surface area (Å²) in [5.41, 5.74) is 5.54. The van der Waals surface area contributed by atoms with Gasteiger partial charge in [-0.2, -0.15) is 0 Å². The van der Waals surface area contributed by atoms with Crippen LogP contribution in [0.2, 0.25) is 0 Å². The van der Waals surface area contributed by atoms with E-state index in [1.807, 2.05) is 0 Å². The van der Waals surface area contributed by atoms with Gasteiger partial charge in [-0.25, -0.2) is 0 Å². The fraction of sp³-hybridized carbons (Fsp3) is 1.00. The molecular weight excluding hydrogens is 146 g/mol. The molecule has 0 spiro atoms. The minimum absolute atomic E-state index is 0.909. The molecule has 0 bridgehead atoms. The number of nitrogens with two attached hydrogens (primary N) is 1. The molecule has 2 aliphatic rings. The maximum atomic E-state index is 5.54. The van der Waals surface area contributed by atoms with Crippen molar-refractivity contribution in [2.24, 2.45) is 23.5 Å². The minimum atomic E-state index is 0.909. The van der Waals surface area contributed by atoms with Crippen LogP contribution < -0.4 is 5.73 Å². The molecule has 0 saturated heterocycles. The van der Waals surface area contributed by atoms with E-state index in [-0.39, 0.29) is 0 Å². The highest BCUT2D eigenvalue weighted by atomic mass is 14.6. The second-order valence-corrected chi connectivity index (χ2v) is 4.72. The molecule has 0 aliphatic heterocycles. The molecule has 1 heteroatoms. The molecule has 0 aromatic carbocycles. The second-order valence-electron chi connectivity index (χ2n) is 4.72. The molecule has 0 aromatic heterocycles. The topological polar surface area (TPSA) is 26.0 Å². The minimum Gasteiger partial charge on any atom is -0.330 e. The predicted molar refractivity (Wildman–Crippen MR) is 51.8 cm³/mol. The van der Waals surface area contributed by atoms with E-state index in [4.69, 9.17) is 5.73 Å². The van der Waals surface area contributed by atoms with Crippen LogP contribution in [0.5, 0.6) is 0 Å². The summed E-state index contributed by atoms with van der Waals surface area (Å²) in [4.78, 5) is 0. The van der Waals surface area contributed by atoms with E-state index in [9.17, 15) is 0 Å². The first-order valence-electron chi connectivity index (χ1n) is 5.60. The van der Waals surface area contributed by atoms with Crippen LogP contribution in [0.25, 0.3) is 0 Å². The van der Waals surface area contributed by atoms with Gasteiger partial charge >= 0.3 is 0 Å². The third kappa shape index (κ3) is 2.01. The number of hydrogen-bond acceptors (Lipinski definition) is 1. The van der Waals surface area contributed by atoms with Crippen LogP contribution in [-0.2, 0) is 0 Å². The summed E-state index contributed by atoms with van der Waals surface area (Å²) >= 11 is 0. The van der Waals surface area contributed by atoms with Crippen molar-refractivity contribution in [2.75, 3.05) is 6.54 Å². The molecule has 2 aliphatic carbocycles. The van der Waals surface area contributed by atoms with Crippen molar-refractivity contribution in [1.82, 2.24) is 0 Å². The molecule has 0 radical (unpaired) electrons. The first kappa shape index (κ1) is 8.55. The Bertz CT molecular complexity index is 138. The molecule has 2 fully saturated rings. The Hall–Kier alpha value is -0.0400. The fourth-order valence-corrected chi connectivity index (χ4v) is 2.84. The molecule has 2 saturated carbocycles. The van der Waals surface area contributed by atoms with Gasteiger partial charge in [-0.15, -0.1) is 0 Å². The average molecular weight is 167 g/mol. The van der Waals surface area contributed by atoms with E-state index < -0.39 is 0 Å². The van der Waals surface area contributed by atoms with E-state index in [0.717, 1.165) is 24.3 Å². The van der Waals surface area contributed by atoms with Crippen LogP contribution >= 0.6 is 0 Å². The van der Waals surface area contributed by atoms with Crippen molar-refractivity contribution in [3.8, 4) is 0 Å². The second kappa shape index (κ2) is 3.78. The maximum Gasteiger partial charge on any atom is -0.00745 e. The molecule has 0 aromatic rings. The van der Waals surface area contributed by atoms with E-state index in [1.165, 1.54) is 44.9 Å². The van der Waals surface area contributed by atoms with Crippen molar-refractivity contribution in [3.05, 3.63) is 0 Å². The first-order valence-corrected chi connectivity index (χ1v) is 5.60. The van der Waals surface area contributed by atoms with Gasteiger partial charge in [-0.3, -0.25) is 0 Å². The Morgan fingerprint density at radius 2 is 1.83 bits per heavy atom. The van der Waals surface area contributed by atoms with Crippen LogP contribution in [0.15, 0.2) is 0 Å².